The Morgan fingerprint density at radius 2 is 1.75 bits per heavy atom. The fraction of sp³-hybridized carbons (Fsp3) is 0.0588. The molecule has 3 nitrogen and oxygen atoms in total. The highest BCUT2D eigenvalue weighted by molar-refractivity contribution is 5.68. The molecule has 3 heteroatoms. The molecule has 0 atom stereocenters. The number of hydrogen-bond acceptors (Lipinski definition) is 2. The second-order valence-corrected chi connectivity index (χ2v) is 4.55. The van der Waals surface area contributed by atoms with Gasteiger partial charge in [0.15, 0.2) is 5.82 Å². The number of rotatable bonds is 3. The van der Waals surface area contributed by atoms with Crippen molar-refractivity contribution in [1.82, 2.24) is 14.8 Å². The van der Waals surface area contributed by atoms with Crippen LogP contribution in [0.15, 0.2) is 60.8 Å². The summed E-state index contributed by atoms with van der Waals surface area (Å²) in [5.74, 6) is 0.837. The van der Waals surface area contributed by atoms with Crippen LogP contribution in [0.4, 0.5) is 0 Å². The van der Waals surface area contributed by atoms with Crippen LogP contribution in [0.3, 0.4) is 0 Å². The molecule has 3 rings (SSSR count). The lowest BCUT2D eigenvalue weighted by molar-refractivity contribution is 0.814. The normalized spacial score (nSPS) is 11.1. The lowest BCUT2D eigenvalue weighted by Crippen LogP contribution is -2.00. The minimum atomic E-state index is 0.837. The lowest BCUT2D eigenvalue weighted by atomic mass is 10.2. The van der Waals surface area contributed by atoms with Gasteiger partial charge in [-0.15, -0.1) is 0 Å². The number of nitrogens with zero attached hydrogens (tertiary/aromatic N) is 3. The molecule has 2 heterocycles. The van der Waals surface area contributed by atoms with Crippen molar-refractivity contribution < 1.29 is 0 Å². The SMILES string of the molecule is Cc1cc(/C=C/c2ccccc2)nn1-c1ccccn1. The summed E-state index contributed by atoms with van der Waals surface area (Å²) in [5.41, 5.74) is 3.16. The lowest BCUT2D eigenvalue weighted by Gasteiger charge is -2.01. The first-order valence-electron chi connectivity index (χ1n) is 6.54. The number of hydrogen-bond donors (Lipinski definition) is 0. The first kappa shape index (κ1) is 12.4. The fourth-order valence-corrected chi connectivity index (χ4v) is 2.04. The Balaban J connectivity index is 1.88. The zero-order valence-corrected chi connectivity index (χ0v) is 11.3. The first-order valence-corrected chi connectivity index (χ1v) is 6.54. The van der Waals surface area contributed by atoms with Crippen LogP contribution < -0.4 is 0 Å². The third-order valence-corrected chi connectivity index (χ3v) is 3.02. The van der Waals surface area contributed by atoms with Gasteiger partial charge >= 0.3 is 0 Å². The Bertz CT molecular complexity index is 713. The molecule has 0 amide bonds. The highest BCUT2D eigenvalue weighted by Gasteiger charge is 2.04. The van der Waals surface area contributed by atoms with Crippen molar-refractivity contribution in [2.24, 2.45) is 0 Å². The van der Waals surface area contributed by atoms with Crippen LogP contribution in [0.25, 0.3) is 18.0 Å². The molecule has 0 N–H and O–H groups in total. The van der Waals surface area contributed by atoms with Crippen LogP contribution in [0.1, 0.15) is 17.0 Å². The standard InChI is InChI=1S/C17H15N3/c1-14-13-16(11-10-15-7-3-2-4-8-15)19-20(14)17-9-5-6-12-18-17/h2-13H,1H3/b11-10+. The van der Waals surface area contributed by atoms with E-state index in [1.807, 2.05) is 60.1 Å². The summed E-state index contributed by atoms with van der Waals surface area (Å²) in [4.78, 5) is 4.32. The Morgan fingerprint density at radius 1 is 0.950 bits per heavy atom. The topological polar surface area (TPSA) is 30.7 Å². The minimum absolute atomic E-state index is 0.837. The summed E-state index contributed by atoms with van der Waals surface area (Å²) in [5, 5.41) is 4.56. The van der Waals surface area contributed by atoms with Gasteiger partial charge in [-0.3, -0.25) is 0 Å². The zero-order chi connectivity index (χ0) is 13.8. The molecule has 0 fully saturated rings. The van der Waals surface area contributed by atoms with Gasteiger partial charge in [-0.2, -0.15) is 5.10 Å². The highest BCUT2D eigenvalue weighted by Crippen LogP contribution is 2.12. The first-order chi connectivity index (χ1) is 9.83. The molecule has 20 heavy (non-hydrogen) atoms. The minimum Gasteiger partial charge on any atom is -0.237 e. The second-order valence-electron chi connectivity index (χ2n) is 4.55. The van der Waals surface area contributed by atoms with Gasteiger partial charge in [0.05, 0.1) is 5.69 Å². The van der Waals surface area contributed by atoms with E-state index in [4.69, 9.17) is 0 Å². The van der Waals surface area contributed by atoms with E-state index in [1.54, 1.807) is 6.20 Å². The van der Waals surface area contributed by atoms with Crippen LogP contribution in [0.2, 0.25) is 0 Å². The molecule has 3 aromatic rings. The van der Waals surface area contributed by atoms with Gasteiger partial charge in [0.1, 0.15) is 0 Å². The molecule has 0 unspecified atom stereocenters. The Morgan fingerprint density at radius 3 is 2.50 bits per heavy atom. The van der Waals surface area contributed by atoms with Crippen molar-refractivity contribution in [1.29, 1.82) is 0 Å². The maximum Gasteiger partial charge on any atom is 0.153 e. The van der Waals surface area contributed by atoms with Gasteiger partial charge in [-0.25, -0.2) is 9.67 Å². The average molecular weight is 261 g/mol. The quantitative estimate of drug-likeness (QED) is 0.719. The molecule has 0 spiro atoms. The summed E-state index contributed by atoms with van der Waals surface area (Å²) in [6.07, 6.45) is 5.85. The van der Waals surface area contributed by atoms with E-state index >= 15 is 0 Å². The number of aromatic nitrogens is 3. The van der Waals surface area contributed by atoms with Gasteiger partial charge in [0.25, 0.3) is 0 Å². The van der Waals surface area contributed by atoms with E-state index in [0.717, 1.165) is 22.8 Å². The van der Waals surface area contributed by atoms with E-state index < -0.39 is 0 Å². The summed E-state index contributed by atoms with van der Waals surface area (Å²) in [6.45, 7) is 2.03. The summed E-state index contributed by atoms with van der Waals surface area (Å²) in [7, 11) is 0. The van der Waals surface area contributed by atoms with Gasteiger partial charge in [0.2, 0.25) is 0 Å². The van der Waals surface area contributed by atoms with E-state index in [9.17, 15) is 0 Å². The number of pyridine rings is 1. The van der Waals surface area contributed by atoms with Gasteiger partial charge < -0.3 is 0 Å². The van der Waals surface area contributed by atoms with E-state index in [-0.39, 0.29) is 0 Å². The second kappa shape index (κ2) is 5.53. The van der Waals surface area contributed by atoms with Crippen molar-refractivity contribution in [2.45, 2.75) is 6.92 Å². The molecular formula is C17H15N3. The molecule has 0 bridgehead atoms. The van der Waals surface area contributed by atoms with Crippen LogP contribution in [0, 0.1) is 6.92 Å². The zero-order valence-electron chi connectivity index (χ0n) is 11.3. The van der Waals surface area contributed by atoms with Crippen molar-refractivity contribution in [3.8, 4) is 5.82 Å². The molecule has 0 saturated carbocycles. The summed E-state index contributed by atoms with van der Waals surface area (Å²) < 4.78 is 1.85. The smallest absolute Gasteiger partial charge is 0.153 e. The maximum absolute atomic E-state index is 4.56. The van der Waals surface area contributed by atoms with Crippen molar-refractivity contribution in [3.05, 3.63) is 77.7 Å². The predicted octanol–water partition coefficient (Wildman–Crippen LogP) is 3.75. The molecule has 0 aliphatic rings. The van der Waals surface area contributed by atoms with Crippen molar-refractivity contribution >= 4 is 12.2 Å². The molecular weight excluding hydrogens is 246 g/mol. The fourth-order valence-electron chi connectivity index (χ4n) is 2.04. The van der Waals surface area contributed by atoms with Gasteiger partial charge in [0, 0.05) is 11.9 Å². The highest BCUT2D eigenvalue weighted by atomic mass is 15.3. The third kappa shape index (κ3) is 2.67. The maximum atomic E-state index is 4.56. The van der Waals surface area contributed by atoms with Crippen LogP contribution in [-0.2, 0) is 0 Å². The van der Waals surface area contributed by atoms with Gasteiger partial charge in [-0.1, -0.05) is 42.5 Å². The van der Waals surface area contributed by atoms with Crippen LogP contribution in [-0.4, -0.2) is 14.8 Å². The molecule has 0 aliphatic heterocycles. The largest absolute Gasteiger partial charge is 0.237 e. The number of aryl methyl sites for hydroxylation is 1. The Hall–Kier alpha value is -2.68. The van der Waals surface area contributed by atoms with Crippen molar-refractivity contribution in [3.63, 3.8) is 0 Å². The molecule has 0 aliphatic carbocycles. The monoisotopic (exact) mass is 261 g/mol. The van der Waals surface area contributed by atoms with E-state index in [2.05, 4.69) is 28.3 Å². The van der Waals surface area contributed by atoms with Crippen LogP contribution >= 0.6 is 0 Å². The van der Waals surface area contributed by atoms with Gasteiger partial charge in [-0.05, 0) is 36.8 Å². The molecule has 0 radical (unpaired) electrons. The average Bonchev–Trinajstić information content (AvgIpc) is 2.88. The van der Waals surface area contributed by atoms with Crippen molar-refractivity contribution in [2.75, 3.05) is 0 Å². The van der Waals surface area contributed by atoms with Crippen LogP contribution in [0.5, 0.6) is 0 Å². The summed E-state index contributed by atoms with van der Waals surface area (Å²) in [6, 6.07) is 18.1. The number of benzene rings is 1. The third-order valence-electron chi connectivity index (χ3n) is 3.02. The molecule has 1 aromatic carbocycles. The molecule has 2 aromatic heterocycles. The molecule has 0 saturated heterocycles. The Kier molecular flexibility index (Phi) is 3.42. The van der Waals surface area contributed by atoms with E-state index in [0.29, 0.717) is 0 Å². The predicted molar refractivity (Wildman–Crippen MR) is 81.5 cm³/mol. The Labute approximate surface area is 118 Å². The molecule has 98 valence electrons. The summed E-state index contributed by atoms with van der Waals surface area (Å²) >= 11 is 0. The van der Waals surface area contributed by atoms with E-state index in [1.165, 1.54) is 0 Å².